The van der Waals surface area contributed by atoms with Crippen molar-refractivity contribution in [2.24, 2.45) is 0 Å². The van der Waals surface area contributed by atoms with E-state index in [1.165, 1.54) is 0 Å². The minimum absolute atomic E-state index is 0.177. The van der Waals surface area contributed by atoms with Gasteiger partial charge >= 0.3 is 0 Å². The van der Waals surface area contributed by atoms with Crippen molar-refractivity contribution >= 4 is 10.8 Å². The lowest BCUT2D eigenvalue weighted by molar-refractivity contribution is 0.187. The fraction of sp³-hybridized carbons (Fsp3) is 0.577. The van der Waals surface area contributed by atoms with Crippen LogP contribution in [-0.2, 0) is 17.3 Å². The molecular weight excluding hydrogens is 460 g/mol. The Morgan fingerprint density at radius 2 is 1.74 bits per heavy atom. The summed E-state index contributed by atoms with van der Waals surface area (Å²) in [5.74, 6) is 3.14. The first kappa shape index (κ1) is 24.2. The monoisotopic (exact) mass is 496 g/mol. The second-order valence-corrected chi connectivity index (χ2v) is 12.0. The zero-order valence-electron chi connectivity index (χ0n) is 21.6. The molecule has 2 aliphatic heterocycles. The van der Waals surface area contributed by atoms with Crippen LogP contribution >= 0.6 is 0 Å². The van der Waals surface area contributed by atoms with Gasteiger partial charge in [0.2, 0.25) is 0 Å². The zero-order valence-corrected chi connectivity index (χ0v) is 22.4. The maximum atomic E-state index is 13.7. The van der Waals surface area contributed by atoms with Gasteiger partial charge in [0.15, 0.2) is 5.82 Å². The Balaban J connectivity index is 1.51. The summed E-state index contributed by atoms with van der Waals surface area (Å²) in [5.41, 5.74) is 2.71. The number of hydrogen-bond donors (Lipinski definition) is 0. The molecule has 0 radical (unpaired) electrons. The molecule has 0 saturated carbocycles. The summed E-state index contributed by atoms with van der Waals surface area (Å²) in [6.45, 7) is 15.9. The number of likely N-dealkylation sites (tertiary alicyclic amines) is 1. The number of aromatic nitrogens is 5. The first-order chi connectivity index (χ1) is 16.7. The second kappa shape index (κ2) is 9.50. The molecule has 1 atom stereocenters. The molecule has 0 amide bonds. The average molecular weight is 497 g/mol. The standard InChI is InChI=1S/C26H36N6O2S/c1-16(2)30-9-7-20(8-10-30)35(33)24-14-21-23(13-18(24)5)34-12-11-31-15-22(28-25(21)31)26-27-19(6)29-32(26)17(3)4/h13-17,20H,7-12H2,1-6H3. The van der Waals surface area contributed by atoms with E-state index in [9.17, 15) is 4.21 Å². The zero-order chi connectivity index (χ0) is 24.9. The number of benzene rings is 1. The largest absolute Gasteiger partial charge is 0.491 e. The van der Waals surface area contributed by atoms with Crippen LogP contribution in [0.15, 0.2) is 23.2 Å². The molecule has 3 aromatic rings. The molecule has 2 aliphatic rings. The van der Waals surface area contributed by atoms with Gasteiger partial charge in [-0.15, -0.1) is 0 Å². The predicted octanol–water partition coefficient (Wildman–Crippen LogP) is 4.38. The Hall–Kier alpha value is -2.52. The van der Waals surface area contributed by atoms with E-state index in [1.54, 1.807) is 0 Å². The van der Waals surface area contributed by atoms with Crippen LogP contribution in [0, 0.1) is 13.8 Å². The average Bonchev–Trinajstić information content (AvgIpc) is 3.38. The number of piperidine rings is 1. The van der Waals surface area contributed by atoms with E-state index in [0.29, 0.717) is 19.2 Å². The third-order valence-corrected chi connectivity index (χ3v) is 9.02. The van der Waals surface area contributed by atoms with Crippen LogP contribution in [0.25, 0.3) is 22.9 Å². The molecule has 0 spiro atoms. The second-order valence-electron chi connectivity index (χ2n) is 10.3. The molecule has 1 fully saturated rings. The predicted molar refractivity (Wildman–Crippen MR) is 138 cm³/mol. The van der Waals surface area contributed by atoms with Crippen LogP contribution in [0.2, 0.25) is 0 Å². The third kappa shape index (κ3) is 4.56. The summed E-state index contributed by atoms with van der Waals surface area (Å²) in [7, 11) is -1.07. The fourth-order valence-corrected chi connectivity index (χ4v) is 6.69. The lowest BCUT2D eigenvalue weighted by Gasteiger charge is -2.34. The van der Waals surface area contributed by atoms with Crippen molar-refractivity contribution in [3.05, 3.63) is 29.7 Å². The molecule has 1 unspecified atom stereocenters. The number of aryl methyl sites for hydroxylation is 2. The van der Waals surface area contributed by atoms with Gasteiger partial charge < -0.3 is 14.2 Å². The van der Waals surface area contributed by atoms with E-state index in [-0.39, 0.29) is 11.3 Å². The number of nitrogens with zero attached hydrogens (tertiary/aromatic N) is 6. The van der Waals surface area contributed by atoms with Gasteiger partial charge in [-0.1, -0.05) is 0 Å². The topological polar surface area (TPSA) is 78.1 Å². The number of ether oxygens (including phenoxy) is 1. The van der Waals surface area contributed by atoms with E-state index in [4.69, 9.17) is 9.72 Å². The van der Waals surface area contributed by atoms with Gasteiger partial charge in [0.05, 0.1) is 22.9 Å². The van der Waals surface area contributed by atoms with Crippen molar-refractivity contribution in [3.63, 3.8) is 0 Å². The lowest BCUT2D eigenvalue weighted by atomic mass is 10.1. The molecule has 0 aliphatic carbocycles. The molecule has 9 heteroatoms. The van der Waals surface area contributed by atoms with Gasteiger partial charge in [0, 0.05) is 28.4 Å². The Kier molecular flexibility index (Phi) is 6.57. The molecule has 8 nitrogen and oxygen atoms in total. The third-order valence-electron chi connectivity index (χ3n) is 7.07. The molecule has 188 valence electrons. The number of rotatable bonds is 5. The quantitative estimate of drug-likeness (QED) is 0.522. The highest BCUT2D eigenvalue weighted by atomic mass is 32.2. The van der Waals surface area contributed by atoms with Crippen LogP contribution < -0.4 is 4.74 Å². The lowest BCUT2D eigenvalue weighted by Crippen LogP contribution is -2.41. The van der Waals surface area contributed by atoms with Gasteiger partial charge in [-0.3, -0.25) is 4.21 Å². The van der Waals surface area contributed by atoms with Crippen molar-refractivity contribution < 1.29 is 8.95 Å². The molecule has 35 heavy (non-hydrogen) atoms. The molecule has 5 rings (SSSR count). The van der Waals surface area contributed by atoms with Crippen LogP contribution in [0.4, 0.5) is 0 Å². The molecule has 4 heterocycles. The SMILES string of the molecule is Cc1nc(-c2cn3c(n2)-c2cc(S(=O)C4CCN(C(C)C)CC4)c(C)cc2OCC3)n(C(C)C)n1. The van der Waals surface area contributed by atoms with E-state index < -0.39 is 10.8 Å². The Morgan fingerprint density at radius 3 is 2.43 bits per heavy atom. The normalized spacial score (nSPS) is 17.8. The first-order valence-corrected chi connectivity index (χ1v) is 13.9. The number of imidazole rings is 1. The van der Waals surface area contributed by atoms with Crippen LogP contribution in [-0.4, -0.2) is 64.4 Å². The molecular formula is C26H36N6O2S. The van der Waals surface area contributed by atoms with E-state index in [2.05, 4.69) is 53.3 Å². The van der Waals surface area contributed by atoms with Crippen molar-refractivity contribution in [2.75, 3.05) is 19.7 Å². The van der Waals surface area contributed by atoms with Gasteiger partial charge in [0.25, 0.3) is 0 Å². The minimum Gasteiger partial charge on any atom is -0.491 e. The van der Waals surface area contributed by atoms with Crippen LogP contribution in [0.5, 0.6) is 5.75 Å². The summed E-state index contributed by atoms with van der Waals surface area (Å²) < 4.78 is 23.9. The Bertz CT molecular complexity index is 1250. The highest BCUT2D eigenvalue weighted by Crippen LogP contribution is 2.38. The van der Waals surface area contributed by atoms with Crippen LogP contribution in [0.3, 0.4) is 0 Å². The Labute approximate surface area is 210 Å². The number of fused-ring (bicyclic) bond motifs is 3. The molecule has 0 N–H and O–H groups in total. The summed E-state index contributed by atoms with van der Waals surface area (Å²) >= 11 is 0. The maximum absolute atomic E-state index is 13.7. The first-order valence-electron chi connectivity index (χ1n) is 12.7. The van der Waals surface area contributed by atoms with E-state index >= 15 is 0 Å². The highest BCUT2D eigenvalue weighted by molar-refractivity contribution is 7.85. The van der Waals surface area contributed by atoms with Crippen LogP contribution in [0.1, 0.15) is 58.0 Å². The fourth-order valence-electron chi connectivity index (χ4n) is 5.09. The number of hydrogen-bond acceptors (Lipinski definition) is 6. The smallest absolute Gasteiger partial charge is 0.178 e. The van der Waals surface area contributed by atoms with Gasteiger partial charge in [-0.25, -0.2) is 14.6 Å². The Morgan fingerprint density at radius 1 is 1.00 bits per heavy atom. The van der Waals surface area contributed by atoms with Crippen molar-refractivity contribution in [1.82, 2.24) is 29.2 Å². The van der Waals surface area contributed by atoms with Gasteiger partial charge in [0.1, 0.15) is 29.7 Å². The maximum Gasteiger partial charge on any atom is 0.178 e. The molecule has 2 aromatic heterocycles. The summed E-state index contributed by atoms with van der Waals surface area (Å²) in [6.07, 6.45) is 3.95. The van der Waals surface area contributed by atoms with Crippen molar-refractivity contribution in [2.45, 2.75) is 83.2 Å². The summed E-state index contributed by atoms with van der Waals surface area (Å²) in [6, 6.07) is 4.81. The summed E-state index contributed by atoms with van der Waals surface area (Å²) in [4.78, 5) is 13.0. The van der Waals surface area contributed by atoms with E-state index in [0.717, 1.165) is 70.9 Å². The van der Waals surface area contributed by atoms with Crippen molar-refractivity contribution in [1.29, 1.82) is 0 Å². The molecule has 1 saturated heterocycles. The minimum atomic E-state index is -1.07. The van der Waals surface area contributed by atoms with Gasteiger partial charge in [-0.05, 0) is 85.2 Å². The molecule has 1 aromatic carbocycles. The van der Waals surface area contributed by atoms with Gasteiger partial charge in [-0.2, -0.15) is 5.10 Å². The highest BCUT2D eigenvalue weighted by Gasteiger charge is 2.29. The summed E-state index contributed by atoms with van der Waals surface area (Å²) in [5, 5.41) is 4.74. The molecule has 0 bridgehead atoms. The van der Waals surface area contributed by atoms with Crippen molar-refractivity contribution in [3.8, 4) is 28.7 Å². The van der Waals surface area contributed by atoms with E-state index in [1.807, 2.05) is 30.8 Å².